The Labute approximate surface area is 236 Å². The first-order valence-corrected chi connectivity index (χ1v) is 14.8. The number of carbonyl (C=O) groups excluding carboxylic acids is 4. The highest BCUT2D eigenvalue weighted by molar-refractivity contribution is 5.80. The molecule has 0 saturated heterocycles. The first-order valence-electron chi connectivity index (χ1n) is 14.8. The van der Waals surface area contributed by atoms with Gasteiger partial charge in [0, 0.05) is 0 Å². The van der Waals surface area contributed by atoms with Gasteiger partial charge in [0.05, 0.1) is 30.3 Å². The van der Waals surface area contributed by atoms with Crippen molar-refractivity contribution in [2.75, 3.05) is 26.4 Å². The van der Waals surface area contributed by atoms with E-state index in [9.17, 15) is 19.2 Å². The first-order chi connectivity index (χ1) is 18.5. The molecule has 1 unspecified atom stereocenters. The maximum Gasteiger partial charge on any atom is 0.311 e. The molecular formula is C31H54O8. The topological polar surface area (TPSA) is 105 Å². The molecule has 1 atom stereocenters. The van der Waals surface area contributed by atoms with E-state index < -0.39 is 28.7 Å². The second-order valence-corrected chi connectivity index (χ2v) is 11.1. The Hall–Kier alpha value is -2.38. The number of hydrogen-bond donors (Lipinski definition) is 0. The molecule has 0 N–H and O–H groups in total. The number of carbonyl (C=O) groups is 4. The zero-order chi connectivity index (χ0) is 29.6. The molecular weight excluding hydrogens is 500 g/mol. The molecule has 8 nitrogen and oxygen atoms in total. The van der Waals surface area contributed by atoms with Crippen molar-refractivity contribution in [3.05, 3.63) is 12.7 Å². The van der Waals surface area contributed by atoms with Crippen LogP contribution in [0.25, 0.3) is 0 Å². The average Bonchev–Trinajstić information content (AvgIpc) is 2.90. The van der Waals surface area contributed by atoms with Crippen LogP contribution in [-0.2, 0) is 38.1 Å². The van der Waals surface area contributed by atoms with Gasteiger partial charge in [-0.2, -0.15) is 0 Å². The van der Waals surface area contributed by atoms with Crippen LogP contribution >= 0.6 is 0 Å². The first kappa shape index (κ1) is 36.6. The molecule has 8 heteroatoms. The molecule has 0 radical (unpaired) electrons. The fraction of sp³-hybridized carbons (Fsp3) is 0.806. The van der Waals surface area contributed by atoms with E-state index in [0.29, 0.717) is 13.0 Å². The van der Waals surface area contributed by atoms with Crippen LogP contribution in [0, 0.1) is 10.8 Å². The third-order valence-corrected chi connectivity index (χ3v) is 6.86. The summed E-state index contributed by atoms with van der Waals surface area (Å²) in [5.41, 5.74) is -1.74. The predicted octanol–water partition coefficient (Wildman–Crippen LogP) is 6.88. The summed E-state index contributed by atoms with van der Waals surface area (Å²) in [4.78, 5) is 48.7. The Morgan fingerprint density at radius 3 is 1.67 bits per heavy atom. The smallest absolute Gasteiger partial charge is 0.311 e. The van der Waals surface area contributed by atoms with Gasteiger partial charge >= 0.3 is 23.9 Å². The van der Waals surface area contributed by atoms with E-state index in [2.05, 4.69) is 13.5 Å². The van der Waals surface area contributed by atoms with Gasteiger partial charge in [-0.1, -0.05) is 84.3 Å². The van der Waals surface area contributed by atoms with E-state index in [1.54, 1.807) is 13.8 Å². The number of unbranched alkanes of at least 4 members (excludes halogenated alkanes) is 9. The maximum absolute atomic E-state index is 12.9. The van der Waals surface area contributed by atoms with Gasteiger partial charge in [0.15, 0.2) is 0 Å². The van der Waals surface area contributed by atoms with Gasteiger partial charge in [0.25, 0.3) is 0 Å². The van der Waals surface area contributed by atoms with Gasteiger partial charge < -0.3 is 18.9 Å². The van der Waals surface area contributed by atoms with Gasteiger partial charge in [-0.3, -0.25) is 19.2 Å². The largest absolute Gasteiger partial charge is 0.465 e. The van der Waals surface area contributed by atoms with Crippen molar-refractivity contribution in [2.45, 2.75) is 125 Å². The van der Waals surface area contributed by atoms with Crippen molar-refractivity contribution < 1.29 is 38.1 Å². The van der Waals surface area contributed by atoms with Crippen molar-refractivity contribution >= 4 is 23.9 Å². The molecule has 0 aromatic heterocycles. The van der Waals surface area contributed by atoms with E-state index >= 15 is 0 Å². The summed E-state index contributed by atoms with van der Waals surface area (Å²) in [5.74, 6) is -1.86. The zero-order valence-electron chi connectivity index (χ0n) is 25.3. The van der Waals surface area contributed by atoms with E-state index in [1.165, 1.54) is 51.0 Å². The van der Waals surface area contributed by atoms with E-state index in [-0.39, 0.29) is 45.1 Å². The average molecular weight is 555 g/mol. The van der Waals surface area contributed by atoms with Gasteiger partial charge in [0.1, 0.15) is 19.8 Å². The predicted molar refractivity (Wildman–Crippen MR) is 152 cm³/mol. The highest BCUT2D eigenvalue weighted by atomic mass is 16.6. The summed E-state index contributed by atoms with van der Waals surface area (Å²) in [6, 6.07) is 0. The normalized spacial score (nSPS) is 12.7. The highest BCUT2D eigenvalue weighted by Gasteiger charge is 2.42. The standard InChI is InChI=1S/C31H54O8/c1-7-10-11-12-13-14-15-16-17-18-22-38-29(35)31(6,9-3)25-30(4,5)28(34)39-24-23-37-27(33)20-19-26(32)36-21-8-2/h8H,2,7,9-25H2,1,3-6H3. The van der Waals surface area contributed by atoms with Crippen LogP contribution in [0.2, 0.25) is 0 Å². The summed E-state index contributed by atoms with van der Waals surface area (Å²) in [6.45, 7) is 13.1. The molecule has 0 spiro atoms. The fourth-order valence-electron chi connectivity index (χ4n) is 4.30. The second kappa shape index (κ2) is 21.4. The summed E-state index contributed by atoms with van der Waals surface area (Å²) in [6.07, 6.45) is 14.2. The van der Waals surface area contributed by atoms with Crippen LogP contribution in [-0.4, -0.2) is 50.3 Å². The SMILES string of the molecule is C=CCOC(=O)CCC(=O)OCCOC(=O)C(C)(C)CC(C)(CC)C(=O)OCCCCCCCCCCCC. The summed E-state index contributed by atoms with van der Waals surface area (Å²) >= 11 is 0. The van der Waals surface area contributed by atoms with Gasteiger partial charge in [-0.05, 0) is 40.0 Å². The molecule has 0 aliphatic rings. The van der Waals surface area contributed by atoms with Crippen molar-refractivity contribution in [1.29, 1.82) is 0 Å². The van der Waals surface area contributed by atoms with Crippen molar-refractivity contribution in [1.82, 2.24) is 0 Å². The number of esters is 4. The summed E-state index contributed by atoms with van der Waals surface area (Å²) in [7, 11) is 0. The summed E-state index contributed by atoms with van der Waals surface area (Å²) < 4.78 is 20.7. The Balaban J connectivity index is 4.28. The monoisotopic (exact) mass is 554 g/mol. The molecule has 0 saturated carbocycles. The molecule has 0 aromatic carbocycles. The lowest BCUT2D eigenvalue weighted by atomic mass is 9.72. The van der Waals surface area contributed by atoms with Crippen LogP contribution in [0.1, 0.15) is 125 Å². The van der Waals surface area contributed by atoms with Crippen LogP contribution in [0.15, 0.2) is 12.7 Å². The molecule has 0 aromatic rings. The van der Waals surface area contributed by atoms with E-state index in [0.717, 1.165) is 19.3 Å². The van der Waals surface area contributed by atoms with Gasteiger partial charge in [-0.25, -0.2) is 0 Å². The van der Waals surface area contributed by atoms with Crippen LogP contribution in [0.3, 0.4) is 0 Å². The minimum absolute atomic E-state index is 0.0910. The van der Waals surface area contributed by atoms with Crippen molar-refractivity contribution in [3.63, 3.8) is 0 Å². The molecule has 0 rings (SSSR count). The molecule has 0 bridgehead atoms. The Bertz CT molecular complexity index is 730. The van der Waals surface area contributed by atoms with Crippen molar-refractivity contribution in [3.8, 4) is 0 Å². The number of hydrogen-bond acceptors (Lipinski definition) is 8. The minimum atomic E-state index is -0.931. The third-order valence-electron chi connectivity index (χ3n) is 6.86. The number of rotatable bonds is 24. The zero-order valence-corrected chi connectivity index (χ0v) is 25.3. The van der Waals surface area contributed by atoms with Crippen LogP contribution < -0.4 is 0 Å². The van der Waals surface area contributed by atoms with Crippen molar-refractivity contribution in [2.24, 2.45) is 10.8 Å². The Morgan fingerprint density at radius 2 is 1.13 bits per heavy atom. The van der Waals surface area contributed by atoms with E-state index in [1.807, 2.05) is 13.8 Å². The molecule has 226 valence electrons. The minimum Gasteiger partial charge on any atom is -0.465 e. The molecule has 0 aliphatic carbocycles. The van der Waals surface area contributed by atoms with Crippen LogP contribution in [0.4, 0.5) is 0 Å². The van der Waals surface area contributed by atoms with Crippen LogP contribution in [0.5, 0.6) is 0 Å². The lowest BCUT2D eigenvalue weighted by molar-refractivity contribution is -0.165. The highest BCUT2D eigenvalue weighted by Crippen LogP contribution is 2.38. The molecule has 39 heavy (non-hydrogen) atoms. The van der Waals surface area contributed by atoms with Gasteiger partial charge in [-0.15, -0.1) is 0 Å². The molecule has 0 heterocycles. The lowest BCUT2D eigenvalue weighted by Crippen LogP contribution is -2.39. The number of ether oxygens (including phenoxy) is 4. The molecule has 0 amide bonds. The van der Waals surface area contributed by atoms with E-state index in [4.69, 9.17) is 18.9 Å². The third kappa shape index (κ3) is 17.8. The fourth-order valence-corrected chi connectivity index (χ4v) is 4.30. The maximum atomic E-state index is 12.9. The Morgan fingerprint density at radius 1 is 0.641 bits per heavy atom. The second-order valence-electron chi connectivity index (χ2n) is 11.1. The Kier molecular flexibility index (Phi) is 20.1. The summed E-state index contributed by atoms with van der Waals surface area (Å²) in [5, 5.41) is 0. The quantitative estimate of drug-likeness (QED) is 0.0550. The van der Waals surface area contributed by atoms with Gasteiger partial charge in [0.2, 0.25) is 0 Å². The molecule has 0 fully saturated rings. The molecule has 0 aliphatic heterocycles. The lowest BCUT2D eigenvalue weighted by Gasteiger charge is -2.33.